The number of aryl methyl sites for hydroxylation is 2. The van der Waals surface area contributed by atoms with Crippen molar-refractivity contribution in [2.24, 2.45) is 0 Å². The summed E-state index contributed by atoms with van der Waals surface area (Å²) in [6.07, 6.45) is 0. The zero-order valence-electron chi connectivity index (χ0n) is 11.0. The largest absolute Gasteiger partial charge is 0.378 e. The van der Waals surface area contributed by atoms with Crippen LogP contribution in [0.2, 0.25) is 0 Å². The van der Waals surface area contributed by atoms with Gasteiger partial charge >= 0.3 is 0 Å². The highest BCUT2D eigenvalue weighted by Crippen LogP contribution is 2.00. The summed E-state index contributed by atoms with van der Waals surface area (Å²) in [7, 11) is 4.05. The number of aromatic nitrogens is 3. The number of hydrogen-bond acceptors (Lipinski definition) is 6. The van der Waals surface area contributed by atoms with E-state index >= 15 is 0 Å². The molecule has 0 aromatic carbocycles. The van der Waals surface area contributed by atoms with E-state index in [2.05, 4.69) is 25.4 Å². The van der Waals surface area contributed by atoms with Crippen molar-refractivity contribution in [3.05, 3.63) is 11.4 Å². The van der Waals surface area contributed by atoms with Gasteiger partial charge in [-0.3, -0.25) is 0 Å². The molecule has 1 rings (SSSR count). The number of hydrogen-bond donors (Lipinski definition) is 1. The Morgan fingerprint density at radius 2 is 1.88 bits per heavy atom. The maximum atomic E-state index is 5.44. The Hall–Kier alpha value is -1.27. The van der Waals surface area contributed by atoms with Crippen molar-refractivity contribution in [1.29, 1.82) is 0 Å². The summed E-state index contributed by atoms with van der Waals surface area (Å²) in [6, 6.07) is 0. The van der Waals surface area contributed by atoms with Crippen molar-refractivity contribution in [2.75, 3.05) is 45.7 Å². The summed E-state index contributed by atoms with van der Waals surface area (Å²) < 4.78 is 5.44. The average molecular weight is 239 g/mol. The lowest BCUT2D eigenvalue weighted by atomic mass is 10.4. The molecule has 0 bridgehead atoms. The molecule has 0 radical (unpaired) electrons. The first-order valence-corrected chi connectivity index (χ1v) is 5.74. The standard InChI is InChI=1S/C11H21N5O/c1-9-10(2)14-15-11(13-9)12-5-7-17-8-6-16(3)4/h5-8H2,1-4H3,(H,12,13,15). The van der Waals surface area contributed by atoms with Crippen molar-refractivity contribution in [3.63, 3.8) is 0 Å². The molecule has 0 fully saturated rings. The van der Waals surface area contributed by atoms with E-state index < -0.39 is 0 Å². The van der Waals surface area contributed by atoms with Gasteiger partial charge < -0.3 is 15.0 Å². The van der Waals surface area contributed by atoms with Gasteiger partial charge in [0, 0.05) is 13.1 Å². The van der Waals surface area contributed by atoms with E-state index in [0.717, 1.165) is 24.5 Å². The molecule has 1 aromatic heterocycles. The Balaban J connectivity index is 2.16. The minimum absolute atomic E-state index is 0.560. The highest BCUT2D eigenvalue weighted by atomic mass is 16.5. The zero-order valence-corrected chi connectivity index (χ0v) is 11.0. The average Bonchev–Trinajstić information content (AvgIpc) is 2.27. The maximum Gasteiger partial charge on any atom is 0.243 e. The van der Waals surface area contributed by atoms with Gasteiger partial charge in [-0.05, 0) is 27.9 Å². The van der Waals surface area contributed by atoms with Gasteiger partial charge in [0.1, 0.15) is 0 Å². The van der Waals surface area contributed by atoms with Crippen LogP contribution in [0.5, 0.6) is 0 Å². The minimum Gasteiger partial charge on any atom is -0.378 e. The van der Waals surface area contributed by atoms with Crippen molar-refractivity contribution in [1.82, 2.24) is 20.1 Å². The van der Waals surface area contributed by atoms with Gasteiger partial charge in [-0.15, -0.1) is 5.10 Å². The summed E-state index contributed by atoms with van der Waals surface area (Å²) in [6.45, 7) is 6.82. The summed E-state index contributed by atoms with van der Waals surface area (Å²) in [5.74, 6) is 0.560. The summed E-state index contributed by atoms with van der Waals surface area (Å²) in [5, 5.41) is 11.0. The maximum absolute atomic E-state index is 5.44. The van der Waals surface area contributed by atoms with Crippen LogP contribution in [0.3, 0.4) is 0 Å². The summed E-state index contributed by atoms with van der Waals surface area (Å²) in [4.78, 5) is 6.36. The van der Waals surface area contributed by atoms with Crippen molar-refractivity contribution in [2.45, 2.75) is 13.8 Å². The van der Waals surface area contributed by atoms with Gasteiger partial charge in [-0.1, -0.05) is 0 Å². The fourth-order valence-electron chi connectivity index (χ4n) is 1.12. The molecule has 1 aromatic rings. The monoisotopic (exact) mass is 239 g/mol. The first-order valence-electron chi connectivity index (χ1n) is 5.74. The summed E-state index contributed by atoms with van der Waals surface area (Å²) in [5.41, 5.74) is 1.76. The van der Waals surface area contributed by atoms with Gasteiger partial charge in [0.15, 0.2) is 0 Å². The molecule has 0 spiro atoms. The molecule has 0 aliphatic rings. The first-order chi connectivity index (χ1) is 8.09. The van der Waals surface area contributed by atoms with E-state index in [1.807, 2.05) is 27.9 Å². The molecule has 0 amide bonds. The molecule has 0 saturated carbocycles. The molecule has 17 heavy (non-hydrogen) atoms. The SMILES string of the molecule is Cc1nnc(NCCOCCN(C)C)nc1C. The first kappa shape index (κ1) is 13.8. The number of nitrogens with zero attached hydrogens (tertiary/aromatic N) is 4. The molecule has 1 N–H and O–H groups in total. The Bertz CT molecular complexity index is 343. The zero-order chi connectivity index (χ0) is 12.7. The van der Waals surface area contributed by atoms with Crippen LogP contribution in [0.4, 0.5) is 5.95 Å². The summed E-state index contributed by atoms with van der Waals surface area (Å²) >= 11 is 0. The third-order valence-corrected chi connectivity index (χ3v) is 2.30. The van der Waals surface area contributed by atoms with Crippen molar-refractivity contribution >= 4 is 5.95 Å². The number of likely N-dealkylation sites (N-methyl/N-ethyl adjacent to an activating group) is 1. The third-order valence-electron chi connectivity index (χ3n) is 2.30. The van der Waals surface area contributed by atoms with Gasteiger partial charge in [-0.2, -0.15) is 5.10 Å². The van der Waals surface area contributed by atoms with Crippen LogP contribution in [0, 0.1) is 13.8 Å². The Kier molecular flexibility index (Phi) is 5.79. The van der Waals surface area contributed by atoms with Crippen LogP contribution >= 0.6 is 0 Å². The lowest BCUT2D eigenvalue weighted by molar-refractivity contribution is 0.126. The lowest BCUT2D eigenvalue weighted by Gasteiger charge is -2.10. The normalized spacial score (nSPS) is 10.9. The lowest BCUT2D eigenvalue weighted by Crippen LogP contribution is -2.20. The van der Waals surface area contributed by atoms with Gasteiger partial charge in [0.25, 0.3) is 0 Å². The number of rotatable bonds is 7. The van der Waals surface area contributed by atoms with Crippen LogP contribution in [0.1, 0.15) is 11.4 Å². The van der Waals surface area contributed by atoms with E-state index in [0.29, 0.717) is 19.1 Å². The number of anilines is 1. The molecule has 0 aliphatic carbocycles. The predicted molar refractivity (Wildman–Crippen MR) is 67.2 cm³/mol. The molecular weight excluding hydrogens is 218 g/mol. The van der Waals surface area contributed by atoms with Crippen LogP contribution < -0.4 is 5.32 Å². The second-order valence-corrected chi connectivity index (χ2v) is 4.15. The fraction of sp³-hybridized carbons (Fsp3) is 0.727. The highest BCUT2D eigenvalue weighted by Gasteiger charge is 2.00. The molecule has 6 heteroatoms. The Morgan fingerprint density at radius 3 is 2.53 bits per heavy atom. The van der Waals surface area contributed by atoms with Gasteiger partial charge in [0.2, 0.25) is 5.95 Å². The molecule has 6 nitrogen and oxygen atoms in total. The van der Waals surface area contributed by atoms with Crippen LogP contribution in [-0.4, -0.2) is 60.5 Å². The molecule has 0 saturated heterocycles. The van der Waals surface area contributed by atoms with E-state index in [4.69, 9.17) is 4.74 Å². The van der Waals surface area contributed by atoms with Crippen molar-refractivity contribution < 1.29 is 4.74 Å². The second-order valence-electron chi connectivity index (χ2n) is 4.15. The molecule has 1 heterocycles. The Labute approximate surface area is 102 Å². The fourth-order valence-corrected chi connectivity index (χ4v) is 1.12. The van der Waals surface area contributed by atoms with Crippen molar-refractivity contribution in [3.8, 4) is 0 Å². The molecule has 0 atom stereocenters. The molecular formula is C11H21N5O. The van der Waals surface area contributed by atoms with E-state index in [9.17, 15) is 0 Å². The van der Waals surface area contributed by atoms with E-state index in [1.165, 1.54) is 0 Å². The topological polar surface area (TPSA) is 63.2 Å². The molecule has 96 valence electrons. The minimum atomic E-state index is 0.560. The smallest absolute Gasteiger partial charge is 0.243 e. The highest BCUT2D eigenvalue weighted by molar-refractivity contribution is 5.24. The van der Waals surface area contributed by atoms with Gasteiger partial charge in [-0.25, -0.2) is 4.98 Å². The quantitative estimate of drug-likeness (QED) is 0.698. The van der Waals surface area contributed by atoms with Crippen LogP contribution in [0.15, 0.2) is 0 Å². The van der Waals surface area contributed by atoms with Crippen LogP contribution in [0.25, 0.3) is 0 Å². The second kappa shape index (κ2) is 7.13. The predicted octanol–water partition coefficient (Wildman–Crippen LogP) is 0.479. The van der Waals surface area contributed by atoms with Gasteiger partial charge in [0.05, 0.1) is 24.6 Å². The Morgan fingerprint density at radius 1 is 1.12 bits per heavy atom. The number of nitrogens with one attached hydrogen (secondary N) is 1. The van der Waals surface area contributed by atoms with E-state index in [-0.39, 0.29) is 0 Å². The molecule has 0 unspecified atom stereocenters. The van der Waals surface area contributed by atoms with E-state index in [1.54, 1.807) is 0 Å². The third kappa shape index (κ3) is 5.55. The molecule has 0 aliphatic heterocycles. The number of ether oxygens (including phenoxy) is 1. The van der Waals surface area contributed by atoms with Crippen LogP contribution in [-0.2, 0) is 4.74 Å².